The van der Waals surface area contributed by atoms with Gasteiger partial charge in [0.25, 0.3) is 11.6 Å². The third-order valence-electron chi connectivity index (χ3n) is 3.14. The standard InChI is InChI=1S/C15H14ClN3O4/c1-17-12-5-3-9(7-13(12)19(21)22)15(20)18-10-4-6-14(23-2)11(16)8-10/h3-8,17H,1-2H3,(H,18,20). The molecule has 0 saturated carbocycles. The number of methoxy groups -OCH3 is 1. The fourth-order valence-corrected chi connectivity index (χ4v) is 2.24. The van der Waals surface area contributed by atoms with E-state index in [1.165, 1.54) is 31.4 Å². The van der Waals surface area contributed by atoms with Gasteiger partial charge in [0.05, 0.1) is 17.1 Å². The van der Waals surface area contributed by atoms with Gasteiger partial charge in [0.2, 0.25) is 0 Å². The average Bonchev–Trinajstić information content (AvgIpc) is 2.54. The summed E-state index contributed by atoms with van der Waals surface area (Å²) in [5, 5.41) is 16.7. The molecular weight excluding hydrogens is 322 g/mol. The zero-order chi connectivity index (χ0) is 17.0. The van der Waals surface area contributed by atoms with Crippen LogP contribution >= 0.6 is 11.6 Å². The SMILES string of the molecule is CNc1ccc(C(=O)Nc2ccc(OC)c(Cl)c2)cc1[N+](=O)[O-]. The van der Waals surface area contributed by atoms with Crippen LogP contribution in [0, 0.1) is 10.1 Å². The fourth-order valence-electron chi connectivity index (χ4n) is 1.98. The van der Waals surface area contributed by atoms with Crippen LogP contribution in [0.15, 0.2) is 36.4 Å². The first kappa shape index (κ1) is 16.6. The summed E-state index contributed by atoms with van der Waals surface area (Å²) in [7, 11) is 3.06. The molecule has 2 rings (SSSR count). The lowest BCUT2D eigenvalue weighted by Gasteiger charge is -2.09. The number of benzene rings is 2. The van der Waals surface area contributed by atoms with E-state index in [2.05, 4.69) is 10.6 Å². The van der Waals surface area contributed by atoms with Crippen molar-refractivity contribution in [1.82, 2.24) is 0 Å². The number of nitrogens with zero attached hydrogens (tertiary/aromatic N) is 1. The van der Waals surface area contributed by atoms with Gasteiger partial charge in [-0.3, -0.25) is 14.9 Å². The lowest BCUT2D eigenvalue weighted by atomic mass is 10.1. The van der Waals surface area contributed by atoms with E-state index in [4.69, 9.17) is 16.3 Å². The van der Waals surface area contributed by atoms with Crippen LogP contribution in [0.2, 0.25) is 5.02 Å². The molecule has 0 aliphatic heterocycles. The number of hydrogen-bond donors (Lipinski definition) is 2. The van der Waals surface area contributed by atoms with Gasteiger partial charge >= 0.3 is 0 Å². The van der Waals surface area contributed by atoms with E-state index in [0.717, 1.165) is 0 Å². The predicted octanol–water partition coefficient (Wildman–Crippen LogP) is 3.55. The number of nitrogens with one attached hydrogen (secondary N) is 2. The van der Waals surface area contributed by atoms with Crippen LogP contribution in [-0.4, -0.2) is 25.0 Å². The van der Waals surface area contributed by atoms with Gasteiger partial charge in [-0.15, -0.1) is 0 Å². The predicted molar refractivity (Wildman–Crippen MR) is 88.6 cm³/mol. The molecule has 1 amide bonds. The number of amides is 1. The number of anilines is 2. The maximum Gasteiger partial charge on any atom is 0.293 e. The molecule has 0 bridgehead atoms. The highest BCUT2D eigenvalue weighted by atomic mass is 35.5. The van der Waals surface area contributed by atoms with Crippen molar-refractivity contribution in [1.29, 1.82) is 0 Å². The summed E-state index contributed by atoms with van der Waals surface area (Å²) in [5.41, 5.74) is 0.788. The molecule has 0 aromatic heterocycles. The topological polar surface area (TPSA) is 93.5 Å². The lowest BCUT2D eigenvalue weighted by molar-refractivity contribution is -0.384. The van der Waals surface area contributed by atoms with E-state index >= 15 is 0 Å². The summed E-state index contributed by atoms with van der Waals surface area (Å²) in [6.45, 7) is 0. The molecule has 0 spiro atoms. The van der Waals surface area contributed by atoms with Crippen molar-refractivity contribution >= 4 is 34.6 Å². The van der Waals surface area contributed by atoms with E-state index in [-0.39, 0.29) is 11.3 Å². The van der Waals surface area contributed by atoms with Crippen LogP contribution in [-0.2, 0) is 0 Å². The van der Waals surface area contributed by atoms with Crippen molar-refractivity contribution in [2.45, 2.75) is 0 Å². The molecule has 0 radical (unpaired) electrons. The first-order chi connectivity index (χ1) is 11.0. The van der Waals surface area contributed by atoms with E-state index in [1.807, 2.05) is 0 Å². The van der Waals surface area contributed by atoms with E-state index in [0.29, 0.717) is 22.1 Å². The number of carbonyl (C=O) groups is 1. The second kappa shape index (κ2) is 6.97. The molecule has 23 heavy (non-hydrogen) atoms. The number of carbonyl (C=O) groups excluding carboxylic acids is 1. The van der Waals surface area contributed by atoms with E-state index < -0.39 is 10.8 Å². The van der Waals surface area contributed by atoms with E-state index in [1.54, 1.807) is 19.2 Å². The van der Waals surface area contributed by atoms with Crippen molar-refractivity contribution in [3.05, 3.63) is 57.1 Å². The van der Waals surface area contributed by atoms with Crippen molar-refractivity contribution in [2.24, 2.45) is 0 Å². The Morgan fingerprint density at radius 3 is 2.57 bits per heavy atom. The highest BCUT2D eigenvalue weighted by Gasteiger charge is 2.17. The number of hydrogen-bond acceptors (Lipinski definition) is 5. The largest absolute Gasteiger partial charge is 0.495 e. The smallest absolute Gasteiger partial charge is 0.293 e. The van der Waals surface area contributed by atoms with Crippen LogP contribution in [0.25, 0.3) is 0 Å². The lowest BCUT2D eigenvalue weighted by Crippen LogP contribution is -2.12. The number of nitro benzene ring substituents is 1. The molecule has 0 atom stereocenters. The third-order valence-corrected chi connectivity index (χ3v) is 3.43. The van der Waals surface area contributed by atoms with Gasteiger partial charge in [-0.1, -0.05) is 11.6 Å². The molecule has 0 heterocycles. The second-order valence-electron chi connectivity index (χ2n) is 4.54. The van der Waals surface area contributed by atoms with E-state index in [9.17, 15) is 14.9 Å². The van der Waals surface area contributed by atoms with Gasteiger partial charge < -0.3 is 15.4 Å². The maximum atomic E-state index is 12.2. The van der Waals surface area contributed by atoms with Crippen LogP contribution in [0.1, 0.15) is 10.4 Å². The molecule has 2 aromatic rings. The maximum absolute atomic E-state index is 12.2. The molecule has 0 aliphatic rings. The minimum Gasteiger partial charge on any atom is -0.495 e. The Balaban J connectivity index is 2.25. The first-order valence-electron chi connectivity index (χ1n) is 6.57. The molecule has 0 aliphatic carbocycles. The highest BCUT2D eigenvalue weighted by Crippen LogP contribution is 2.28. The molecule has 2 aromatic carbocycles. The number of rotatable bonds is 5. The van der Waals surface area contributed by atoms with Gasteiger partial charge in [-0.05, 0) is 30.3 Å². The number of ether oxygens (including phenoxy) is 1. The Hall–Kier alpha value is -2.80. The van der Waals surface area contributed by atoms with Gasteiger partial charge in [0.1, 0.15) is 11.4 Å². The zero-order valence-corrected chi connectivity index (χ0v) is 13.2. The molecule has 8 heteroatoms. The summed E-state index contributed by atoms with van der Waals surface area (Å²) in [5.74, 6) is 0.00987. The summed E-state index contributed by atoms with van der Waals surface area (Å²) >= 11 is 5.99. The van der Waals surface area contributed by atoms with Gasteiger partial charge in [0, 0.05) is 24.4 Å². The molecule has 2 N–H and O–H groups in total. The quantitative estimate of drug-likeness (QED) is 0.643. The van der Waals surface area contributed by atoms with Crippen LogP contribution < -0.4 is 15.4 Å². The normalized spacial score (nSPS) is 10.0. The monoisotopic (exact) mass is 335 g/mol. The molecular formula is C15H14ClN3O4. The van der Waals surface area contributed by atoms with Crippen molar-refractivity contribution in [3.63, 3.8) is 0 Å². The first-order valence-corrected chi connectivity index (χ1v) is 6.95. The Morgan fingerprint density at radius 1 is 1.26 bits per heavy atom. The minimum absolute atomic E-state index is 0.169. The second-order valence-corrected chi connectivity index (χ2v) is 4.95. The minimum atomic E-state index is -0.549. The molecule has 0 fully saturated rings. The van der Waals surface area contributed by atoms with Gasteiger partial charge in [-0.25, -0.2) is 0 Å². The average molecular weight is 336 g/mol. The molecule has 7 nitrogen and oxygen atoms in total. The van der Waals surface area contributed by atoms with Crippen LogP contribution in [0.5, 0.6) is 5.75 Å². The Bertz CT molecular complexity index is 764. The Labute approximate surface area is 137 Å². The molecule has 120 valence electrons. The third kappa shape index (κ3) is 3.70. The van der Waals surface area contributed by atoms with Crippen LogP contribution in [0.3, 0.4) is 0 Å². The van der Waals surface area contributed by atoms with Crippen molar-refractivity contribution in [3.8, 4) is 5.75 Å². The van der Waals surface area contributed by atoms with Gasteiger partial charge in [-0.2, -0.15) is 0 Å². The van der Waals surface area contributed by atoms with Crippen LogP contribution in [0.4, 0.5) is 17.1 Å². The number of halogens is 1. The highest BCUT2D eigenvalue weighted by molar-refractivity contribution is 6.32. The fraction of sp³-hybridized carbons (Fsp3) is 0.133. The zero-order valence-electron chi connectivity index (χ0n) is 12.4. The summed E-state index contributed by atoms with van der Waals surface area (Å²) < 4.78 is 5.03. The summed E-state index contributed by atoms with van der Waals surface area (Å²) in [6.07, 6.45) is 0. The molecule has 0 unspecified atom stereocenters. The summed E-state index contributed by atoms with van der Waals surface area (Å²) in [6, 6.07) is 8.97. The Kier molecular flexibility index (Phi) is 5.02. The van der Waals surface area contributed by atoms with Crippen molar-refractivity contribution in [2.75, 3.05) is 24.8 Å². The summed E-state index contributed by atoms with van der Waals surface area (Å²) in [4.78, 5) is 22.7. The molecule has 0 saturated heterocycles. The van der Waals surface area contributed by atoms with Crippen molar-refractivity contribution < 1.29 is 14.5 Å². The Morgan fingerprint density at radius 2 is 2.00 bits per heavy atom. The number of nitro groups is 1. The van der Waals surface area contributed by atoms with Gasteiger partial charge in [0.15, 0.2) is 0 Å².